The third-order valence-electron chi connectivity index (χ3n) is 2.61. The molecule has 0 aliphatic heterocycles. The van der Waals surface area contributed by atoms with E-state index in [0.29, 0.717) is 15.6 Å². The smallest absolute Gasteiger partial charge is 0.338 e. The van der Waals surface area contributed by atoms with Crippen LogP contribution < -0.4 is 5.73 Å². The minimum Gasteiger partial charge on any atom is -0.456 e. The molecule has 0 aliphatic rings. The summed E-state index contributed by atoms with van der Waals surface area (Å²) in [5, 5.41) is 0. The predicted molar refractivity (Wildman–Crippen MR) is 81.7 cm³/mol. The van der Waals surface area contributed by atoms with Crippen molar-refractivity contribution >= 4 is 50.5 Å². The van der Waals surface area contributed by atoms with Crippen molar-refractivity contribution in [2.24, 2.45) is 0 Å². The van der Waals surface area contributed by atoms with Crippen LogP contribution in [0.5, 0.6) is 0 Å². The zero-order valence-corrected chi connectivity index (χ0v) is 13.2. The molecular weight excluding hydrogens is 350 g/mol. The summed E-state index contributed by atoms with van der Waals surface area (Å²) in [4.78, 5) is 12.9. The molecule has 6 heteroatoms. The summed E-state index contributed by atoms with van der Waals surface area (Å²) in [5.41, 5.74) is 7.56. The van der Waals surface area contributed by atoms with E-state index in [2.05, 4.69) is 15.9 Å². The second-order valence-corrected chi connectivity index (χ2v) is 6.66. The highest BCUT2D eigenvalue weighted by atomic mass is 79.9. The van der Waals surface area contributed by atoms with Crippen molar-refractivity contribution in [3.05, 3.63) is 49.1 Å². The van der Waals surface area contributed by atoms with E-state index in [-0.39, 0.29) is 6.61 Å². The number of nitrogen functional groups attached to an aromatic ring is 1. The molecule has 2 N–H and O–H groups in total. The Morgan fingerprint density at radius 2 is 2.21 bits per heavy atom. The molecule has 0 unspecified atom stereocenters. The SMILES string of the molecule is Cc1c(N)cc(Br)cc1C(=O)OCc1ccc(Cl)s1. The Balaban J connectivity index is 2.12. The number of ether oxygens (including phenoxy) is 1. The van der Waals surface area contributed by atoms with E-state index in [1.54, 1.807) is 25.1 Å². The lowest BCUT2D eigenvalue weighted by Gasteiger charge is -2.09. The largest absolute Gasteiger partial charge is 0.456 e. The molecule has 2 aromatic rings. The molecule has 0 radical (unpaired) electrons. The maximum atomic E-state index is 12.0. The van der Waals surface area contributed by atoms with Crippen LogP contribution in [0.15, 0.2) is 28.7 Å². The normalized spacial score (nSPS) is 10.5. The zero-order chi connectivity index (χ0) is 14.0. The van der Waals surface area contributed by atoms with Gasteiger partial charge in [0.2, 0.25) is 0 Å². The summed E-state index contributed by atoms with van der Waals surface area (Å²) in [7, 11) is 0. The summed E-state index contributed by atoms with van der Waals surface area (Å²) in [6, 6.07) is 7.07. The van der Waals surface area contributed by atoms with Crippen LogP contribution in [0, 0.1) is 6.92 Å². The van der Waals surface area contributed by atoms with Crippen molar-refractivity contribution in [1.82, 2.24) is 0 Å². The monoisotopic (exact) mass is 359 g/mol. The van der Waals surface area contributed by atoms with E-state index >= 15 is 0 Å². The molecule has 0 aliphatic carbocycles. The molecule has 1 heterocycles. The summed E-state index contributed by atoms with van der Waals surface area (Å²) < 4.78 is 6.68. The maximum Gasteiger partial charge on any atom is 0.338 e. The van der Waals surface area contributed by atoms with Crippen molar-refractivity contribution in [2.75, 3.05) is 5.73 Å². The fourth-order valence-corrected chi connectivity index (χ4v) is 3.03. The fraction of sp³-hybridized carbons (Fsp3) is 0.154. The number of esters is 1. The number of anilines is 1. The summed E-state index contributed by atoms with van der Waals surface area (Å²) in [6.45, 7) is 2.00. The highest BCUT2D eigenvalue weighted by Crippen LogP contribution is 2.25. The van der Waals surface area contributed by atoms with Crippen molar-refractivity contribution in [3.63, 3.8) is 0 Å². The van der Waals surface area contributed by atoms with Gasteiger partial charge in [0, 0.05) is 15.0 Å². The third kappa shape index (κ3) is 3.49. The third-order valence-corrected chi connectivity index (χ3v) is 4.27. The van der Waals surface area contributed by atoms with Gasteiger partial charge in [0.05, 0.1) is 9.90 Å². The van der Waals surface area contributed by atoms with E-state index in [0.717, 1.165) is 14.9 Å². The summed E-state index contributed by atoms with van der Waals surface area (Å²) >= 11 is 10.5. The number of halogens is 2. The molecular formula is C13H11BrClNO2S. The Morgan fingerprint density at radius 1 is 1.47 bits per heavy atom. The Morgan fingerprint density at radius 3 is 2.84 bits per heavy atom. The van der Waals surface area contributed by atoms with Crippen LogP contribution in [0.4, 0.5) is 5.69 Å². The van der Waals surface area contributed by atoms with Gasteiger partial charge in [-0.1, -0.05) is 27.5 Å². The zero-order valence-electron chi connectivity index (χ0n) is 10.1. The van der Waals surface area contributed by atoms with Crippen molar-refractivity contribution in [1.29, 1.82) is 0 Å². The van der Waals surface area contributed by atoms with Crippen molar-refractivity contribution in [2.45, 2.75) is 13.5 Å². The number of carbonyl (C=O) groups is 1. The number of hydrogen-bond acceptors (Lipinski definition) is 4. The lowest BCUT2D eigenvalue weighted by molar-refractivity contribution is 0.0476. The topological polar surface area (TPSA) is 52.3 Å². The number of hydrogen-bond donors (Lipinski definition) is 1. The number of nitrogens with two attached hydrogens (primary N) is 1. The summed E-state index contributed by atoms with van der Waals surface area (Å²) in [5.74, 6) is -0.393. The van der Waals surface area contributed by atoms with Crippen LogP contribution in [0.3, 0.4) is 0 Å². The standard InChI is InChI=1S/C13H11BrClNO2S/c1-7-10(4-8(14)5-11(7)16)13(17)18-6-9-2-3-12(15)19-9/h2-5H,6,16H2,1H3. The van der Waals surface area contributed by atoms with Gasteiger partial charge in [0.15, 0.2) is 0 Å². The van der Waals surface area contributed by atoms with Crippen molar-refractivity contribution < 1.29 is 9.53 Å². The molecule has 100 valence electrons. The fourth-order valence-electron chi connectivity index (χ4n) is 1.56. The van der Waals surface area contributed by atoms with Crippen LogP contribution in [-0.4, -0.2) is 5.97 Å². The Hall–Kier alpha value is -1.04. The molecule has 0 atom stereocenters. The highest BCUT2D eigenvalue weighted by molar-refractivity contribution is 9.10. The van der Waals surface area contributed by atoms with Crippen LogP contribution >= 0.6 is 38.9 Å². The molecule has 0 fully saturated rings. The average molecular weight is 361 g/mol. The molecule has 1 aromatic heterocycles. The number of benzene rings is 1. The van der Waals surface area contributed by atoms with Crippen molar-refractivity contribution in [3.8, 4) is 0 Å². The Labute approximate surface area is 128 Å². The number of carbonyl (C=O) groups excluding carboxylic acids is 1. The second kappa shape index (κ2) is 5.94. The van der Waals surface area contributed by atoms with E-state index < -0.39 is 5.97 Å². The molecule has 0 spiro atoms. The minimum atomic E-state index is -0.393. The van der Waals surface area contributed by atoms with E-state index in [4.69, 9.17) is 22.1 Å². The van der Waals surface area contributed by atoms with E-state index in [1.807, 2.05) is 6.07 Å². The Bertz CT molecular complexity index is 627. The molecule has 0 saturated carbocycles. The molecule has 1 aromatic carbocycles. The van der Waals surface area contributed by atoms with Gasteiger partial charge in [-0.15, -0.1) is 11.3 Å². The van der Waals surface area contributed by atoms with Crippen LogP contribution in [0.25, 0.3) is 0 Å². The van der Waals surface area contributed by atoms with Gasteiger partial charge in [-0.2, -0.15) is 0 Å². The first-order valence-electron chi connectivity index (χ1n) is 5.44. The highest BCUT2D eigenvalue weighted by Gasteiger charge is 2.14. The molecule has 19 heavy (non-hydrogen) atoms. The predicted octanol–water partition coefficient (Wildman–Crippen LogP) is 4.41. The van der Waals surface area contributed by atoms with Crippen LogP contribution in [-0.2, 0) is 11.3 Å². The lowest BCUT2D eigenvalue weighted by atomic mass is 10.1. The first-order valence-corrected chi connectivity index (χ1v) is 7.43. The van der Waals surface area contributed by atoms with E-state index in [9.17, 15) is 4.79 Å². The number of thiophene rings is 1. The van der Waals surface area contributed by atoms with Gasteiger partial charge in [0.25, 0.3) is 0 Å². The summed E-state index contributed by atoms with van der Waals surface area (Å²) in [6.07, 6.45) is 0. The Kier molecular flexibility index (Phi) is 4.50. The molecule has 0 saturated heterocycles. The van der Waals surface area contributed by atoms with E-state index in [1.165, 1.54) is 11.3 Å². The first kappa shape index (κ1) is 14.4. The van der Waals surface area contributed by atoms with Crippen LogP contribution in [0.1, 0.15) is 20.8 Å². The second-order valence-electron chi connectivity index (χ2n) is 3.95. The van der Waals surface area contributed by atoms with Gasteiger partial charge in [-0.25, -0.2) is 4.79 Å². The minimum absolute atomic E-state index is 0.210. The molecule has 3 nitrogen and oxygen atoms in total. The van der Waals surface area contributed by atoms with Gasteiger partial charge in [-0.3, -0.25) is 0 Å². The number of rotatable bonds is 3. The van der Waals surface area contributed by atoms with Gasteiger partial charge >= 0.3 is 5.97 Å². The van der Waals surface area contributed by atoms with Crippen LogP contribution in [0.2, 0.25) is 4.34 Å². The maximum absolute atomic E-state index is 12.0. The van der Waals surface area contributed by atoms with Gasteiger partial charge in [-0.05, 0) is 36.8 Å². The van der Waals surface area contributed by atoms with Gasteiger partial charge in [0.1, 0.15) is 6.61 Å². The quantitative estimate of drug-likeness (QED) is 0.651. The molecule has 0 bridgehead atoms. The first-order chi connectivity index (χ1) is 8.97. The average Bonchev–Trinajstić information content (AvgIpc) is 2.76. The molecule has 0 amide bonds. The van der Waals surface area contributed by atoms with Gasteiger partial charge < -0.3 is 10.5 Å². The molecule has 2 rings (SSSR count). The lowest BCUT2D eigenvalue weighted by Crippen LogP contribution is -2.08.